The number of aliphatic hydroxyl groups is 1. The first-order chi connectivity index (χ1) is 13.2. The molecule has 0 atom stereocenters. The van der Waals surface area contributed by atoms with Gasteiger partial charge in [0.05, 0.1) is 21.8 Å². The Hall–Kier alpha value is -1.66. The number of aliphatic hydroxyl groups excluding tert-OH is 1. The number of aryl methyl sites for hydroxylation is 1. The number of halogens is 2. The Labute approximate surface area is 176 Å². The maximum absolute atomic E-state index is 14.2. The SMILES string of the molecule is Cn1cc(NS(=O)(=O)C2(CCCO)CC2)c(Nc2ccc(I)cc2F)cc1=O. The molecule has 1 aromatic carbocycles. The Balaban J connectivity index is 1.95. The number of rotatable bonds is 8. The van der Waals surface area contributed by atoms with Crippen molar-refractivity contribution in [2.24, 2.45) is 7.05 Å². The van der Waals surface area contributed by atoms with Crippen molar-refractivity contribution < 1.29 is 17.9 Å². The van der Waals surface area contributed by atoms with E-state index in [4.69, 9.17) is 5.11 Å². The standard InChI is InChI=1S/C18H21FIN3O4S/c1-23-11-16(22-28(26,27)18(6-7-18)5-2-8-24)15(10-17(23)25)21-14-4-3-12(20)9-13(14)19/h3-4,9-11,21-22,24H,2,5-8H2,1H3. The third kappa shape index (κ3) is 4.33. The molecule has 7 nitrogen and oxygen atoms in total. The van der Waals surface area contributed by atoms with Gasteiger partial charge in [0.15, 0.2) is 0 Å². The average molecular weight is 521 g/mol. The molecule has 0 spiro atoms. The van der Waals surface area contributed by atoms with Gasteiger partial charge in [-0.25, -0.2) is 12.8 Å². The van der Waals surface area contributed by atoms with Gasteiger partial charge in [-0.15, -0.1) is 0 Å². The largest absolute Gasteiger partial charge is 0.396 e. The minimum atomic E-state index is -3.75. The quantitative estimate of drug-likeness (QED) is 0.464. The smallest absolute Gasteiger partial charge is 0.252 e. The third-order valence-corrected chi connectivity index (χ3v) is 7.75. The van der Waals surface area contributed by atoms with Gasteiger partial charge >= 0.3 is 0 Å². The van der Waals surface area contributed by atoms with Gasteiger partial charge in [-0.1, -0.05) is 0 Å². The van der Waals surface area contributed by atoms with Crippen LogP contribution in [0.1, 0.15) is 25.7 Å². The molecule has 3 rings (SSSR count). The van der Waals surface area contributed by atoms with E-state index >= 15 is 0 Å². The molecule has 1 aliphatic rings. The van der Waals surface area contributed by atoms with Crippen LogP contribution in [-0.2, 0) is 17.1 Å². The maximum atomic E-state index is 14.2. The van der Waals surface area contributed by atoms with E-state index in [1.165, 1.54) is 36.0 Å². The van der Waals surface area contributed by atoms with Gasteiger partial charge in [0.1, 0.15) is 5.82 Å². The summed E-state index contributed by atoms with van der Waals surface area (Å²) < 4.78 is 43.7. The van der Waals surface area contributed by atoms with Gasteiger partial charge in [-0.05, 0) is 66.5 Å². The van der Waals surface area contributed by atoms with Crippen molar-refractivity contribution in [3.8, 4) is 0 Å². The molecule has 152 valence electrons. The summed E-state index contributed by atoms with van der Waals surface area (Å²) in [5.41, 5.74) is 0.105. The molecule has 0 unspecified atom stereocenters. The summed E-state index contributed by atoms with van der Waals surface area (Å²) in [4.78, 5) is 12.1. The van der Waals surface area contributed by atoms with E-state index in [0.29, 0.717) is 29.3 Å². The molecule has 10 heteroatoms. The Kier molecular flexibility index (Phi) is 6.01. The van der Waals surface area contributed by atoms with Gasteiger partial charge in [0.2, 0.25) is 10.0 Å². The number of hydrogen-bond acceptors (Lipinski definition) is 5. The number of nitrogens with zero attached hydrogens (tertiary/aromatic N) is 1. The summed E-state index contributed by atoms with van der Waals surface area (Å²) in [5.74, 6) is -0.511. The number of hydrogen-bond donors (Lipinski definition) is 3. The highest BCUT2D eigenvalue weighted by Crippen LogP contribution is 2.48. The first-order valence-electron chi connectivity index (χ1n) is 8.73. The van der Waals surface area contributed by atoms with E-state index in [9.17, 15) is 17.6 Å². The van der Waals surface area contributed by atoms with Crippen molar-refractivity contribution in [1.82, 2.24) is 4.57 Å². The Morgan fingerprint density at radius 1 is 1.25 bits per heavy atom. The second-order valence-electron chi connectivity index (χ2n) is 6.91. The molecule has 0 radical (unpaired) electrons. The summed E-state index contributed by atoms with van der Waals surface area (Å²) >= 11 is 1.98. The van der Waals surface area contributed by atoms with Gasteiger partial charge in [0.25, 0.3) is 5.56 Å². The number of nitrogens with one attached hydrogen (secondary N) is 2. The molecule has 3 N–H and O–H groups in total. The van der Waals surface area contributed by atoms with Crippen molar-refractivity contribution >= 4 is 49.7 Å². The Morgan fingerprint density at radius 2 is 1.96 bits per heavy atom. The number of sulfonamides is 1. The van der Waals surface area contributed by atoms with E-state index in [1.807, 2.05) is 22.6 Å². The van der Waals surface area contributed by atoms with E-state index in [1.54, 1.807) is 6.07 Å². The van der Waals surface area contributed by atoms with Crippen LogP contribution < -0.4 is 15.6 Å². The second kappa shape index (κ2) is 7.99. The lowest BCUT2D eigenvalue weighted by Crippen LogP contribution is -2.31. The van der Waals surface area contributed by atoms with Crippen LogP contribution >= 0.6 is 22.6 Å². The Morgan fingerprint density at radius 3 is 2.57 bits per heavy atom. The van der Waals surface area contributed by atoms with Crippen LogP contribution in [0.25, 0.3) is 0 Å². The fourth-order valence-corrected chi connectivity index (χ4v) is 5.17. The highest BCUT2D eigenvalue weighted by molar-refractivity contribution is 14.1. The van der Waals surface area contributed by atoms with E-state index < -0.39 is 20.6 Å². The molecule has 0 amide bonds. The first kappa shape index (κ1) is 21.1. The molecule has 0 aliphatic heterocycles. The number of pyridine rings is 1. The topological polar surface area (TPSA) is 100 Å². The maximum Gasteiger partial charge on any atom is 0.252 e. The molecule has 1 heterocycles. The van der Waals surface area contributed by atoms with Crippen LogP contribution in [0.2, 0.25) is 0 Å². The summed E-state index contributed by atoms with van der Waals surface area (Å²) in [7, 11) is -2.24. The molecular weight excluding hydrogens is 500 g/mol. The van der Waals surface area contributed by atoms with Crippen LogP contribution in [0.3, 0.4) is 0 Å². The molecule has 0 saturated heterocycles. The van der Waals surface area contributed by atoms with Crippen molar-refractivity contribution in [2.45, 2.75) is 30.4 Å². The predicted molar refractivity (Wildman–Crippen MR) is 115 cm³/mol. The zero-order valence-electron chi connectivity index (χ0n) is 15.2. The van der Waals surface area contributed by atoms with E-state index in [2.05, 4.69) is 10.0 Å². The average Bonchev–Trinajstić information content (AvgIpc) is 3.41. The first-order valence-corrected chi connectivity index (χ1v) is 11.3. The van der Waals surface area contributed by atoms with Crippen LogP contribution in [0, 0.1) is 9.39 Å². The molecule has 2 aromatic rings. The van der Waals surface area contributed by atoms with Crippen LogP contribution in [-0.4, -0.2) is 29.4 Å². The molecule has 1 fully saturated rings. The molecular formula is C18H21FIN3O4S. The molecule has 28 heavy (non-hydrogen) atoms. The van der Waals surface area contributed by atoms with Gasteiger partial charge in [0, 0.05) is 29.5 Å². The number of aromatic nitrogens is 1. The molecule has 0 bridgehead atoms. The summed E-state index contributed by atoms with van der Waals surface area (Å²) in [6, 6.07) is 5.78. The highest BCUT2D eigenvalue weighted by Gasteiger charge is 2.54. The predicted octanol–water partition coefficient (Wildman–Crippen LogP) is 2.92. The van der Waals surface area contributed by atoms with E-state index in [0.717, 1.165) is 0 Å². The number of anilines is 3. The highest BCUT2D eigenvalue weighted by atomic mass is 127. The summed E-state index contributed by atoms with van der Waals surface area (Å²) in [6.07, 6.45) is 3.16. The monoisotopic (exact) mass is 521 g/mol. The van der Waals surface area contributed by atoms with Gasteiger partial charge in [-0.2, -0.15) is 0 Å². The minimum Gasteiger partial charge on any atom is -0.396 e. The zero-order valence-corrected chi connectivity index (χ0v) is 18.2. The fraction of sp³-hybridized carbons (Fsp3) is 0.389. The summed E-state index contributed by atoms with van der Waals surface area (Å²) in [5, 5.41) is 11.8. The normalized spacial score (nSPS) is 15.3. The zero-order chi connectivity index (χ0) is 20.5. The molecule has 1 saturated carbocycles. The van der Waals surface area contributed by atoms with Gasteiger partial charge in [-0.3, -0.25) is 9.52 Å². The fourth-order valence-electron chi connectivity index (χ4n) is 3.00. The van der Waals surface area contributed by atoms with Crippen molar-refractivity contribution in [1.29, 1.82) is 0 Å². The van der Waals surface area contributed by atoms with Crippen molar-refractivity contribution in [2.75, 3.05) is 16.6 Å². The van der Waals surface area contributed by atoms with Crippen LogP contribution in [0.5, 0.6) is 0 Å². The van der Waals surface area contributed by atoms with Crippen LogP contribution in [0.4, 0.5) is 21.5 Å². The van der Waals surface area contributed by atoms with Gasteiger partial charge < -0.3 is 15.0 Å². The van der Waals surface area contributed by atoms with E-state index in [-0.39, 0.29) is 29.2 Å². The lowest BCUT2D eigenvalue weighted by atomic mass is 10.2. The lowest BCUT2D eigenvalue weighted by molar-refractivity contribution is 0.282. The van der Waals surface area contributed by atoms with Crippen molar-refractivity contribution in [3.63, 3.8) is 0 Å². The van der Waals surface area contributed by atoms with Crippen LogP contribution in [0.15, 0.2) is 35.3 Å². The number of benzene rings is 1. The second-order valence-corrected chi connectivity index (χ2v) is 10.2. The van der Waals surface area contributed by atoms with Crippen molar-refractivity contribution in [3.05, 3.63) is 50.2 Å². The molecule has 1 aliphatic carbocycles. The minimum absolute atomic E-state index is 0.0734. The molecule has 1 aromatic heterocycles. The summed E-state index contributed by atoms with van der Waals surface area (Å²) in [6.45, 7) is -0.0734. The lowest BCUT2D eigenvalue weighted by Gasteiger charge is -2.20. The third-order valence-electron chi connectivity index (χ3n) is 4.84. The Bertz CT molecular complexity index is 1050.